The van der Waals surface area contributed by atoms with E-state index in [1.54, 1.807) is 6.33 Å². The van der Waals surface area contributed by atoms with E-state index in [1.165, 1.54) is 0 Å². The van der Waals surface area contributed by atoms with E-state index in [-0.39, 0.29) is 5.41 Å². The van der Waals surface area contributed by atoms with E-state index < -0.39 is 0 Å². The highest BCUT2D eigenvalue weighted by Crippen LogP contribution is 2.28. The number of aromatic nitrogens is 6. The van der Waals surface area contributed by atoms with Gasteiger partial charge in [0.05, 0.1) is 12.3 Å². The highest BCUT2D eigenvalue weighted by Gasteiger charge is 2.24. The SMILES string of the molecule is Cc1nc2ncnn2c(N2CCC(COc3ccc(C(C)(C)C)nn3)CC2)c1C. The third kappa shape index (κ3) is 4.02. The van der Waals surface area contributed by atoms with Crippen molar-refractivity contribution in [1.82, 2.24) is 29.8 Å². The van der Waals surface area contributed by atoms with Gasteiger partial charge in [-0.2, -0.15) is 19.7 Å². The summed E-state index contributed by atoms with van der Waals surface area (Å²) < 4.78 is 7.78. The third-order valence-electron chi connectivity index (χ3n) is 5.67. The van der Waals surface area contributed by atoms with Gasteiger partial charge in [-0.25, -0.2) is 4.98 Å². The zero-order valence-corrected chi connectivity index (χ0v) is 17.9. The minimum Gasteiger partial charge on any atom is -0.476 e. The van der Waals surface area contributed by atoms with Gasteiger partial charge in [-0.3, -0.25) is 0 Å². The van der Waals surface area contributed by atoms with Crippen LogP contribution in [0.3, 0.4) is 0 Å². The van der Waals surface area contributed by atoms with Gasteiger partial charge in [0.25, 0.3) is 5.78 Å². The molecule has 0 N–H and O–H groups in total. The summed E-state index contributed by atoms with van der Waals surface area (Å²) in [5.74, 6) is 2.87. The quantitative estimate of drug-likeness (QED) is 0.671. The van der Waals surface area contributed by atoms with Gasteiger partial charge in [-0.1, -0.05) is 20.8 Å². The highest BCUT2D eigenvalue weighted by atomic mass is 16.5. The van der Waals surface area contributed by atoms with Crippen molar-refractivity contribution in [3.05, 3.63) is 35.4 Å². The van der Waals surface area contributed by atoms with Crippen LogP contribution in [0.5, 0.6) is 5.88 Å². The maximum absolute atomic E-state index is 5.93. The molecule has 0 bridgehead atoms. The summed E-state index contributed by atoms with van der Waals surface area (Å²) in [6.45, 7) is 13.1. The molecule has 0 atom stereocenters. The fourth-order valence-corrected chi connectivity index (χ4v) is 3.70. The Kier molecular flexibility index (Phi) is 5.10. The second-order valence-electron chi connectivity index (χ2n) is 8.87. The lowest BCUT2D eigenvalue weighted by Crippen LogP contribution is -2.37. The fraction of sp³-hybridized carbons (Fsp3) is 0.571. The maximum atomic E-state index is 5.93. The van der Waals surface area contributed by atoms with Gasteiger partial charge in [0.1, 0.15) is 12.1 Å². The molecule has 29 heavy (non-hydrogen) atoms. The second kappa shape index (κ2) is 7.57. The average molecular weight is 396 g/mol. The molecule has 0 aliphatic carbocycles. The Hall–Kier alpha value is -2.77. The van der Waals surface area contributed by atoms with Crippen molar-refractivity contribution in [3.63, 3.8) is 0 Å². The lowest BCUT2D eigenvalue weighted by molar-refractivity contribution is 0.213. The monoisotopic (exact) mass is 395 g/mol. The summed E-state index contributed by atoms with van der Waals surface area (Å²) in [6.07, 6.45) is 3.69. The molecule has 1 aliphatic rings. The summed E-state index contributed by atoms with van der Waals surface area (Å²) in [5, 5.41) is 12.9. The predicted octanol–water partition coefficient (Wildman–Crippen LogP) is 3.12. The predicted molar refractivity (Wildman–Crippen MR) is 111 cm³/mol. The van der Waals surface area contributed by atoms with E-state index >= 15 is 0 Å². The third-order valence-corrected chi connectivity index (χ3v) is 5.67. The Balaban J connectivity index is 1.37. The van der Waals surface area contributed by atoms with Gasteiger partial charge in [-0.05, 0) is 38.7 Å². The molecule has 0 saturated carbocycles. The first-order valence-corrected chi connectivity index (χ1v) is 10.2. The molecule has 8 heteroatoms. The van der Waals surface area contributed by atoms with E-state index in [0.29, 0.717) is 24.2 Å². The molecule has 1 fully saturated rings. The Bertz CT molecular complexity index is 983. The molecule has 8 nitrogen and oxygen atoms in total. The number of anilines is 1. The molecule has 3 aromatic rings. The van der Waals surface area contributed by atoms with Crippen LogP contribution >= 0.6 is 0 Å². The number of hydrogen-bond acceptors (Lipinski definition) is 7. The molecule has 3 aromatic heterocycles. The number of hydrogen-bond donors (Lipinski definition) is 0. The van der Waals surface area contributed by atoms with Crippen LogP contribution in [0.4, 0.5) is 5.82 Å². The first kappa shape index (κ1) is 19.5. The molecular weight excluding hydrogens is 366 g/mol. The van der Waals surface area contributed by atoms with Gasteiger partial charge in [0.2, 0.25) is 5.88 Å². The summed E-state index contributed by atoms with van der Waals surface area (Å²) in [4.78, 5) is 11.2. The Morgan fingerprint density at radius 2 is 1.86 bits per heavy atom. The van der Waals surface area contributed by atoms with Crippen LogP contribution in [0.25, 0.3) is 5.78 Å². The minimum absolute atomic E-state index is 0.00266. The van der Waals surface area contributed by atoms with E-state index in [2.05, 4.69) is 57.9 Å². The lowest BCUT2D eigenvalue weighted by Gasteiger charge is -2.34. The zero-order chi connectivity index (χ0) is 20.6. The van der Waals surface area contributed by atoms with E-state index in [0.717, 1.165) is 48.7 Å². The first-order valence-electron chi connectivity index (χ1n) is 10.2. The topological polar surface area (TPSA) is 81.3 Å². The molecule has 154 valence electrons. The Morgan fingerprint density at radius 1 is 1.10 bits per heavy atom. The maximum Gasteiger partial charge on any atom is 0.254 e. The molecular formula is C21H29N7O. The molecule has 0 unspecified atom stereocenters. The number of ether oxygens (including phenoxy) is 1. The van der Waals surface area contributed by atoms with Crippen LogP contribution in [0.2, 0.25) is 0 Å². The van der Waals surface area contributed by atoms with Crippen LogP contribution in [-0.4, -0.2) is 49.5 Å². The number of piperidine rings is 1. The van der Waals surface area contributed by atoms with Crippen molar-refractivity contribution in [2.24, 2.45) is 5.92 Å². The van der Waals surface area contributed by atoms with Gasteiger partial charge in [0, 0.05) is 35.8 Å². The van der Waals surface area contributed by atoms with Crippen LogP contribution in [0.1, 0.15) is 50.6 Å². The number of nitrogens with zero attached hydrogens (tertiary/aromatic N) is 7. The van der Waals surface area contributed by atoms with Crippen molar-refractivity contribution in [2.45, 2.75) is 52.9 Å². The van der Waals surface area contributed by atoms with Crippen LogP contribution < -0.4 is 9.64 Å². The van der Waals surface area contributed by atoms with E-state index in [1.807, 2.05) is 23.6 Å². The molecule has 1 aliphatic heterocycles. The molecule has 0 spiro atoms. The van der Waals surface area contributed by atoms with E-state index in [9.17, 15) is 0 Å². The van der Waals surface area contributed by atoms with Crippen LogP contribution in [0.15, 0.2) is 18.5 Å². The van der Waals surface area contributed by atoms with Crippen molar-refractivity contribution in [3.8, 4) is 5.88 Å². The van der Waals surface area contributed by atoms with Crippen LogP contribution in [-0.2, 0) is 5.41 Å². The summed E-state index contributed by atoms with van der Waals surface area (Å²) in [7, 11) is 0. The molecule has 0 radical (unpaired) electrons. The Morgan fingerprint density at radius 3 is 2.52 bits per heavy atom. The van der Waals surface area contributed by atoms with Gasteiger partial charge in [0.15, 0.2) is 0 Å². The second-order valence-corrected chi connectivity index (χ2v) is 8.87. The molecule has 4 heterocycles. The summed E-state index contributed by atoms with van der Waals surface area (Å²) in [5.41, 5.74) is 3.13. The van der Waals surface area contributed by atoms with E-state index in [4.69, 9.17) is 4.74 Å². The number of rotatable bonds is 4. The van der Waals surface area contributed by atoms with Crippen molar-refractivity contribution >= 4 is 11.6 Å². The summed E-state index contributed by atoms with van der Waals surface area (Å²) in [6, 6.07) is 3.93. The van der Waals surface area contributed by atoms with Crippen molar-refractivity contribution in [2.75, 3.05) is 24.6 Å². The first-order chi connectivity index (χ1) is 13.8. The van der Waals surface area contributed by atoms with Crippen molar-refractivity contribution < 1.29 is 4.74 Å². The Labute approximate surface area is 171 Å². The minimum atomic E-state index is -0.00266. The van der Waals surface area contributed by atoms with Crippen LogP contribution in [0, 0.1) is 19.8 Å². The lowest BCUT2D eigenvalue weighted by atomic mass is 9.92. The molecule has 4 rings (SSSR count). The molecule has 0 amide bonds. The van der Waals surface area contributed by atoms with Gasteiger partial charge >= 0.3 is 0 Å². The standard InChI is InChI=1S/C21H29N7O/c1-14-15(2)24-20-22-13-23-28(20)19(14)27-10-8-16(9-11-27)12-29-18-7-6-17(25-26-18)21(3,4)5/h6-7,13,16H,8-12H2,1-5H3. The largest absolute Gasteiger partial charge is 0.476 e. The highest BCUT2D eigenvalue weighted by molar-refractivity contribution is 5.54. The average Bonchev–Trinajstić information content (AvgIpc) is 3.15. The molecule has 0 aromatic carbocycles. The fourth-order valence-electron chi connectivity index (χ4n) is 3.70. The van der Waals surface area contributed by atoms with Crippen molar-refractivity contribution in [1.29, 1.82) is 0 Å². The smallest absolute Gasteiger partial charge is 0.254 e. The molecule has 1 saturated heterocycles. The van der Waals surface area contributed by atoms with Gasteiger partial charge < -0.3 is 9.64 Å². The zero-order valence-electron chi connectivity index (χ0n) is 17.9. The number of aryl methyl sites for hydroxylation is 1. The summed E-state index contributed by atoms with van der Waals surface area (Å²) >= 11 is 0. The number of fused-ring (bicyclic) bond motifs is 1. The van der Waals surface area contributed by atoms with Gasteiger partial charge in [-0.15, -0.1) is 5.10 Å². The normalized spacial score (nSPS) is 15.8.